The molecule has 1 aliphatic rings. The highest BCUT2D eigenvalue weighted by molar-refractivity contribution is 5.94. The molecule has 0 aromatic heterocycles. The van der Waals surface area contributed by atoms with Crippen LogP contribution in [0.4, 0.5) is 13.2 Å². The maximum atomic E-state index is 13.5. The molecule has 0 radical (unpaired) electrons. The quantitative estimate of drug-likeness (QED) is 0.737. The molecule has 1 atom stereocenters. The Morgan fingerprint density at radius 1 is 1.40 bits per heavy atom. The number of benzene rings is 1. The second-order valence-electron chi connectivity index (χ2n) is 4.79. The van der Waals surface area contributed by atoms with Crippen molar-refractivity contribution in [2.75, 3.05) is 19.6 Å². The van der Waals surface area contributed by atoms with E-state index in [1.807, 2.05) is 0 Å². The summed E-state index contributed by atoms with van der Waals surface area (Å²) in [6.07, 6.45) is 1.73. The van der Waals surface area contributed by atoms with E-state index < -0.39 is 34.7 Å². The number of carbonyl (C=O) groups excluding carboxylic acids is 1. The van der Waals surface area contributed by atoms with Gasteiger partial charge in [0.1, 0.15) is 0 Å². The van der Waals surface area contributed by atoms with E-state index in [0.29, 0.717) is 18.5 Å². The van der Waals surface area contributed by atoms with E-state index in [2.05, 4.69) is 10.6 Å². The number of phenolic OH excluding ortho intramolecular Hbond substituents is 1. The molecule has 1 saturated heterocycles. The average Bonchev–Trinajstić information content (AvgIpc) is 2.93. The third-order valence-electron chi connectivity index (χ3n) is 3.38. The Balaban J connectivity index is 1.98. The Hall–Kier alpha value is -1.76. The van der Waals surface area contributed by atoms with Crippen molar-refractivity contribution in [3.63, 3.8) is 0 Å². The largest absolute Gasteiger partial charge is 0.503 e. The molecule has 0 aliphatic carbocycles. The molecule has 0 bridgehead atoms. The number of halogens is 3. The van der Waals surface area contributed by atoms with Crippen LogP contribution in [0.1, 0.15) is 23.2 Å². The second-order valence-corrected chi connectivity index (χ2v) is 4.79. The molecule has 1 aromatic carbocycles. The van der Waals surface area contributed by atoms with Crippen molar-refractivity contribution in [1.29, 1.82) is 0 Å². The molecule has 1 heterocycles. The van der Waals surface area contributed by atoms with Crippen LogP contribution in [-0.4, -0.2) is 30.6 Å². The molecule has 1 aromatic rings. The summed E-state index contributed by atoms with van der Waals surface area (Å²) in [6.45, 7) is 2.12. The minimum Gasteiger partial charge on any atom is -0.503 e. The van der Waals surface area contributed by atoms with E-state index in [4.69, 9.17) is 5.11 Å². The van der Waals surface area contributed by atoms with Crippen molar-refractivity contribution in [3.05, 3.63) is 29.1 Å². The SMILES string of the molecule is O=C(NCCC1CCNC1)c1cc(F)c(F)c(O)c1F. The number of hydrogen-bond donors (Lipinski definition) is 3. The van der Waals surface area contributed by atoms with Crippen LogP contribution in [0, 0.1) is 23.4 Å². The topological polar surface area (TPSA) is 61.4 Å². The summed E-state index contributed by atoms with van der Waals surface area (Å²) in [4.78, 5) is 11.7. The van der Waals surface area contributed by atoms with Gasteiger partial charge in [0.05, 0.1) is 5.56 Å². The molecule has 7 heteroatoms. The van der Waals surface area contributed by atoms with Crippen LogP contribution in [0.2, 0.25) is 0 Å². The number of nitrogens with one attached hydrogen (secondary N) is 2. The lowest BCUT2D eigenvalue weighted by Gasteiger charge is -2.10. The van der Waals surface area contributed by atoms with E-state index in [9.17, 15) is 18.0 Å². The number of phenols is 1. The van der Waals surface area contributed by atoms with Crippen LogP contribution >= 0.6 is 0 Å². The van der Waals surface area contributed by atoms with Crippen LogP contribution in [0.25, 0.3) is 0 Å². The Labute approximate surface area is 114 Å². The standard InChI is InChI=1S/C13H15F3N2O2/c14-9-5-8(10(15)12(19)11(9)16)13(20)18-4-2-7-1-3-17-6-7/h5,7,17,19H,1-4,6H2,(H,18,20). The van der Waals surface area contributed by atoms with Crippen molar-refractivity contribution >= 4 is 5.91 Å². The third kappa shape index (κ3) is 3.04. The molecule has 3 N–H and O–H groups in total. The first kappa shape index (κ1) is 14.6. The maximum Gasteiger partial charge on any atom is 0.254 e. The van der Waals surface area contributed by atoms with Gasteiger partial charge in [0.25, 0.3) is 5.91 Å². The number of hydrogen-bond acceptors (Lipinski definition) is 3. The van der Waals surface area contributed by atoms with Crippen molar-refractivity contribution in [1.82, 2.24) is 10.6 Å². The normalized spacial score (nSPS) is 18.2. The molecule has 1 fully saturated rings. The van der Waals surface area contributed by atoms with Gasteiger partial charge in [0.2, 0.25) is 5.82 Å². The minimum atomic E-state index is -1.70. The van der Waals surface area contributed by atoms with E-state index in [0.717, 1.165) is 25.9 Å². The first-order valence-corrected chi connectivity index (χ1v) is 6.36. The molecular weight excluding hydrogens is 273 g/mol. The van der Waals surface area contributed by atoms with Gasteiger partial charge in [-0.25, -0.2) is 8.78 Å². The Morgan fingerprint density at radius 2 is 2.15 bits per heavy atom. The highest BCUT2D eigenvalue weighted by atomic mass is 19.2. The zero-order valence-electron chi connectivity index (χ0n) is 10.7. The third-order valence-corrected chi connectivity index (χ3v) is 3.38. The number of rotatable bonds is 4. The van der Waals surface area contributed by atoms with Gasteiger partial charge >= 0.3 is 0 Å². The van der Waals surface area contributed by atoms with Crippen LogP contribution in [0.3, 0.4) is 0 Å². The zero-order chi connectivity index (χ0) is 14.7. The molecule has 0 saturated carbocycles. The van der Waals surface area contributed by atoms with Gasteiger partial charge in [-0.3, -0.25) is 4.79 Å². The maximum absolute atomic E-state index is 13.5. The molecule has 1 unspecified atom stereocenters. The molecular formula is C13H15F3N2O2. The zero-order valence-corrected chi connectivity index (χ0v) is 10.7. The van der Waals surface area contributed by atoms with Gasteiger partial charge in [0.15, 0.2) is 17.4 Å². The summed E-state index contributed by atoms with van der Waals surface area (Å²) in [5.74, 6) is -6.52. The smallest absolute Gasteiger partial charge is 0.254 e. The lowest BCUT2D eigenvalue weighted by atomic mass is 10.1. The van der Waals surface area contributed by atoms with Gasteiger partial charge in [-0.2, -0.15) is 4.39 Å². The van der Waals surface area contributed by atoms with E-state index >= 15 is 0 Å². The van der Waals surface area contributed by atoms with Crippen molar-refractivity contribution in [2.45, 2.75) is 12.8 Å². The molecule has 0 spiro atoms. The fraction of sp³-hybridized carbons (Fsp3) is 0.462. The summed E-state index contributed by atoms with van der Waals surface area (Å²) < 4.78 is 39.4. The van der Waals surface area contributed by atoms with Crippen molar-refractivity contribution in [3.8, 4) is 5.75 Å². The molecule has 1 aliphatic heterocycles. The van der Waals surface area contributed by atoms with Gasteiger partial charge < -0.3 is 15.7 Å². The monoisotopic (exact) mass is 288 g/mol. The van der Waals surface area contributed by atoms with Crippen LogP contribution in [0.15, 0.2) is 6.07 Å². The van der Waals surface area contributed by atoms with E-state index in [1.54, 1.807) is 0 Å². The van der Waals surface area contributed by atoms with E-state index in [-0.39, 0.29) is 0 Å². The van der Waals surface area contributed by atoms with Crippen molar-refractivity contribution in [2.24, 2.45) is 5.92 Å². The number of amides is 1. The lowest BCUT2D eigenvalue weighted by Crippen LogP contribution is -2.27. The first-order chi connectivity index (χ1) is 9.50. The number of aromatic hydroxyl groups is 1. The molecule has 4 nitrogen and oxygen atoms in total. The summed E-state index contributed by atoms with van der Waals surface area (Å²) in [5, 5.41) is 14.6. The fourth-order valence-electron chi connectivity index (χ4n) is 2.20. The van der Waals surface area contributed by atoms with Gasteiger partial charge in [-0.05, 0) is 37.9 Å². The lowest BCUT2D eigenvalue weighted by molar-refractivity contribution is 0.0946. The van der Waals surface area contributed by atoms with Gasteiger partial charge in [-0.15, -0.1) is 0 Å². The summed E-state index contributed by atoms with van der Waals surface area (Å²) in [7, 11) is 0. The van der Waals surface area contributed by atoms with E-state index in [1.165, 1.54) is 0 Å². The summed E-state index contributed by atoms with van der Waals surface area (Å²) in [6, 6.07) is 0.441. The van der Waals surface area contributed by atoms with Crippen LogP contribution in [-0.2, 0) is 0 Å². The predicted octanol–water partition coefficient (Wildman–Crippen LogP) is 1.54. The minimum absolute atomic E-state index is 0.310. The molecule has 20 heavy (non-hydrogen) atoms. The Morgan fingerprint density at radius 3 is 2.80 bits per heavy atom. The first-order valence-electron chi connectivity index (χ1n) is 6.36. The average molecular weight is 288 g/mol. The predicted molar refractivity (Wildman–Crippen MR) is 65.9 cm³/mol. The highest BCUT2D eigenvalue weighted by Crippen LogP contribution is 2.25. The highest BCUT2D eigenvalue weighted by Gasteiger charge is 2.22. The van der Waals surface area contributed by atoms with Crippen molar-refractivity contribution < 1.29 is 23.1 Å². The van der Waals surface area contributed by atoms with Gasteiger partial charge in [-0.1, -0.05) is 0 Å². The molecule has 1 amide bonds. The van der Waals surface area contributed by atoms with Crippen LogP contribution < -0.4 is 10.6 Å². The van der Waals surface area contributed by atoms with Gasteiger partial charge in [0, 0.05) is 6.54 Å². The molecule has 110 valence electrons. The Bertz CT molecular complexity index is 517. The fourth-order valence-corrected chi connectivity index (χ4v) is 2.20. The second kappa shape index (κ2) is 6.13. The number of carbonyl (C=O) groups is 1. The van der Waals surface area contributed by atoms with Crippen LogP contribution in [0.5, 0.6) is 5.75 Å². The summed E-state index contributed by atoms with van der Waals surface area (Å²) in [5.41, 5.74) is -0.703. The Kier molecular flexibility index (Phi) is 4.49. The summed E-state index contributed by atoms with van der Waals surface area (Å²) >= 11 is 0. The molecule has 2 rings (SSSR count).